The molecule has 1 heterocycles. The summed E-state index contributed by atoms with van der Waals surface area (Å²) in [5, 5.41) is 3.80. The van der Waals surface area contributed by atoms with Crippen LogP contribution in [-0.2, 0) is 6.42 Å². The maximum Gasteiger partial charge on any atom is 0.123 e. The van der Waals surface area contributed by atoms with Gasteiger partial charge in [-0.25, -0.2) is 0 Å². The molecule has 1 atom stereocenters. The lowest BCUT2D eigenvalue weighted by Crippen LogP contribution is -2.28. The number of benzene rings is 1. The first kappa shape index (κ1) is 14.9. The monoisotopic (exact) mass is 287 g/mol. The molecule has 21 heavy (non-hydrogen) atoms. The van der Waals surface area contributed by atoms with E-state index >= 15 is 0 Å². The molecule has 2 heteroatoms. The van der Waals surface area contributed by atoms with Gasteiger partial charge in [-0.2, -0.15) is 0 Å². The highest BCUT2D eigenvalue weighted by molar-refractivity contribution is 5.42. The summed E-state index contributed by atoms with van der Waals surface area (Å²) in [4.78, 5) is 0. The van der Waals surface area contributed by atoms with E-state index < -0.39 is 0 Å². The van der Waals surface area contributed by atoms with Crippen LogP contribution in [0.5, 0.6) is 5.75 Å². The van der Waals surface area contributed by atoms with Crippen molar-refractivity contribution in [1.82, 2.24) is 5.32 Å². The molecule has 0 radical (unpaired) electrons. The molecule has 1 aliphatic carbocycles. The minimum atomic E-state index is -0.0410. The van der Waals surface area contributed by atoms with Crippen molar-refractivity contribution in [3.05, 3.63) is 29.3 Å². The lowest BCUT2D eigenvalue weighted by Gasteiger charge is -2.25. The van der Waals surface area contributed by atoms with Gasteiger partial charge in [0.25, 0.3) is 0 Å². The van der Waals surface area contributed by atoms with Gasteiger partial charge in [0.15, 0.2) is 0 Å². The van der Waals surface area contributed by atoms with Crippen molar-refractivity contribution in [2.75, 3.05) is 6.54 Å². The van der Waals surface area contributed by atoms with Crippen LogP contribution in [0.4, 0.5) is 0 Å². The fourth-order valence-corrected chi connectivity index (χ4v) is 3.97. The van der Waals surface area contributed by atoms with Crippen LogP contribution in [0.2, 0.25) is 0 Å². The molecule has 0 saturated heterocycles. The van der Waals surface area contributed by atoms with Crippen LogP contribution in [0.3, 0.4) is 0 Å². The molecule has 2 aliphatic rings. The molecule has 0 spiro atoms. The first-order chi connectivity index (χ1) is 10.1. The fourth-order valence-electron chi connectivity index (χ4n) is 3.97. The molecule has 0 aromatic heterocycles. The summed E-state index contributed by atoms with van der Waals surface area (Å²) in [5.74, 6) is 1.90. The van der Waals surface area contributed by atoms with E-state index in [0.717, 1.165) is 24.6 Å². The number of nitrogens with one attached hydrogen (secondary N) is 1. The molecule has 3 rings (SSSR count). The van der Waals surface area contributed by atoms with Crippen LogP contribution in [0.1, 0.15) is 70.0 Å². The smallest absolute Gasteiger partial charge is 0.123 e. The molecular weight excluding hydrogens is 258 g/mol. The van der Waals surface area contributed by atoms with Gasteiger partial charge in [0, 0.05) is 12.5 Å². The van der Waals surface area contributed by atoms with Crippen LogP contribution in [0, 0.1) is 5.92 Å². The van der Waals surface area contributed by atoms with Crippen LogP contribution in [0.25, 0.3) is 0 Å². The van der Waals surface area contributed by atoms with Crippen molar-refractivity contribution in [3.8, 4) is 5.75 Å². The first-order valence-electron chi connectivity index (χ1n) is 8.64. The van der Waals surface area contributed by atoms with E-state index in [1.165, 1.54) is 43.2 Å². The minimum absolute atomic E-state index is 0.0410. The van der Waals surface area contributed by atoms with E-state index in [1.54, 1.807) is 0 Å². The van der Waals surface area contributed by atoms with E-state index in [9.17, 15) is 0 Å². The topological polar surface area (TPSA) is 21.3 Å². The summed E-state index contributed by atoms with van der Waals surface area (Å²) in [6.07, 6.45) is 7.78. The van der Waals surface area contributed by atoms with Crippen molar-refractivity contribution in [2.24, 2.45) is 5.92 Å². The first-order valence-corrected chi connectivity index (χ1v) is 8.64. The molecule has 1 unspecified atom stereocenters. The molecule has 1 aromatic carbocycles. The Labute approximate surface area is 129 Å². The maximum atomic E-state index is 6.02. The van der Waals surface area contributed by atoms with Crippen molar-refractivity contribution >= 4 is 0 Å². The highest BCUT2D eigenvalue weighted by atomic mass is 16.5. The van der Waals surface area contributed by atoms with Gasteiger partial charge in [-0.3, -0.25) is 0 Å². The number of hydrogen-bond acceptors (Lipinski definition) is 2. The van der Waals surface area contributed by atoms with E-state index in [4.69, 9.17) is 4.74 Å². The van der Waals surface area contributed by atoms with E-state index in [1.807, 2.05) is 0 Å². The Morgan fingerprint density at radius 3 is 2.76 bits per heavy atom. The van der Waals surface area contributed by atoms with Gasteiger partial charge in [0.2, 0.25) is 0 Å². The second-order valence-corrected chi connectivity index (χ2v) is 7.38. The quantitative estimate of drug-likeness (QED) is 0.852. The normalized spacial score (nSPS) is 22.0. The van der Waals surface area contributed by atoms with Gasteiger partial charge in [0.1, 0.15) is 11.4 Å². The summed E-state index contributed by atoms with van der Waals surface area (Å²) in [6, 6.07) is 7.40. The second kappa shape index (κ2) is 6.00. The van der Waals surface area contributed by atoms with Crippen molar-refractivity contribution < 1.29 is 4.74 Å². The zero-order valence-corrected chi connectivity index (χ0v) is 13.7. The van der Waals surface area contributed by atoms with Crippen molar-refractivity contribution in [1.29, 1.82) is 0 Å². The van der Waals surface area contributed by atoms with Crippen LogP contribution in [-0.4, -0.2) is 12.1 Å². The number of fused-ring (bicyclic) bond motifs is 1. The van der Waals surface area contributed by atoms with Crippen molar-refractivity contribution in [2.45, 2.75) is 70.9 Å². The van der Waals surface area contributed by atoms with Gasteiger partial charge in [-0.1, -0.05) is 31.9 Å². The average molecular weight is 287 g/mol. The zero-order valence-electron chi connectivity index (χ0n) is 13.7. The summed E-state index contributed by atoms with van der Waals surface area (Å²) in [6.45, 7) is 7.71. The molecule has 0 bridgehead atoms. The summed E-state index contributed by atoms with van der Waals surface area (Å²) < 4.78 is 6.02. The molecular formula is C19H29NO. The Morgan fingerprint density at radius 2 is 2.05 bits per heavy atom. The summed E-state index contributed by atoms with van der Waals surface area (Å²) in [5.41, 5.74) is 2.81. The Kier molecular flexibility index (Phi) is 4.26. The molecule has 0 amide bonds. The van der Waals surface area contributed by atoms with Crippen LogP contribution >= 0.6 is 0 Å². The number of rotatable bonds is 5. The van der Waals surface area contributed by atoms with Gasteiger partial charge in [-0.05, 0) is 62.8 Å². The minimum Gasteiger partial charge on any atom is -0.487 e. The average Bonchev–Trinajstić information content (AvgIpc) is 3.04. The highest BCUT2D eigenvalue weighted by Crippen LogP contribution is 2.40. The number of ether oxygens (including phenoxy) is 1. The Balaban J connectivity index is 1.83. The molecule has 2 nitrogen and oxygen atoms in total. The molecule has 1 saturated carbocycles. The van der Waals surface area contributed by atoms with Crippen LogP contribution < -0.4 is 10.1 Å². The van der Waals surface area contributed by atoms with E-state index in [0.29, 0.717) is 6.04 Å². The SMILES string of the molecule is CCCNC(c1ccc2c(c1)CC(C)(C)O2)C1CCCC1. The predicted molar refractivity (Wildman–Crippen MR) is 87.8 cm³/mol. The molecule has 1 fully saturated rings. The van der Waals surface area contributed by atoms with E-state index in [2.05, 4.69) is 44.3 Å². The van der Waals surface area contributed by atoms with Gasteiger partial charge < -0.3 is 10.1 Å². The Bertz CT molecular complexity index is 488. The standard InChI is InChI=1S/C19H29NO/c1-4-11-20-18(14-7-5-6-8-14)15-9-10-17-16(12-15)13-19(2,3)21-17/h9-10,12,14,18,20H,4-8,11,13H2,1-3H3. The highest BCUT2D eigenvalue weighted by Gasteiger charge is 2.32. The molecule has 1 aliphatic heterocycles. The molecule has 116 valence electrons. The fraction of sp³-hybridized carbons (Fsp3) is 0.684. The lowest BCUT2D eigenvalue weighted by atomic mass is 9.89. The third kappa shape index (κ3) is 3.26. The summed E-state index contributed by atoms with van der Waals surface area (Å²) in [7, 11) is 0. The molecule has 1 N–H and O–H groups in total. The Morgan fingerprint density at radius 1 is 1.29 bits per heavy atom. The molecule has 1 aromatic rings. The van der Waals surface area contributed by atoms with Gasteiger partial charge >= 0.3 is 0 Å². The third-order valence-electron chi connectivity index (χ3n) is 4.93. The lowest BCUT2D eigenvalue weighted by molar-refractivity contribution is 0.138. The van der Waals surface area contributed by atoms with Gasteiger partial charge in [-0.15, -0.1) is 0 Å². The number of hydrogen-bond donors (Lipinski definition) is 1. The largest absolute Gasteiger partial charge is 0.487 e. The third-order valence-corrected chi connectivity index (χ3v) is 4.93. The van der Waals surface area contributed by atoms with Gasteiger partial charge in [0.05, 0.1) is 0 Å². The summed E-state index contributed by atoms with van der Waals surface area (Å²) >= 11 is 0. The zero-order chi connectivity index (χ0) is 14.9. The maximum absolute atomic E-state index is 6.02. The van der Waals surface area contributed by atoms with E-state index in [-0.39, 0.29) is 5.60 Å². The second-order valence-electron chi connectivity index (χ2n) is 7.38. The Hall–Kier alpha value is -1.02. The predicted octanol–water partition coefficient (Wildman–Crippen LogP) is 4.63. The van der Waals surface area contributed by atoms with Crippen molar-refractivity contribution in [3.63, 3.8) is 0 Å². The van der Waals surface area contributed by atoms with Crippen LogP contribution in [0.15, 0.2) is 18.2 Å².